The van der Waals surface area contributed by atoms with Gasteiger partial charge in [0.05, 0.1) is 6.26 Å². The van der Waals surface area contributed by atoms with Crippen molar-refractivity contribution in [1.82, 2.24) is 15.6 Å². The molecule has 1 atom stereocenters. The fourth-order valence-electron chi connectivity index (χ4n) is 2.89. The summed E-state index contributed by atoms with van der Waals surface area (Å²) in [5.74, 6) is 1.89. The Labute approximate surface area is 142 Å². The zero-order chi connectivity index (χ0) is 16.8. The first-order valence-corrected chi connectivity index (χ1v) is 8.47. The molecule has 0 radical (unpaired) electrons. The van der Waals surface area contributed by atoms with Gasteiger partial charge in [-0.15, -0.1) is 0 Å². The van der Waals surface area contributed by atoms with E-state index >= 15 is 0 Å². The smallest absolute Gasteiger partial charge is 0.315 e. The number of nitrogens with one attached hydrogen (secondary N) is 2. The van der Waals surface area contributed by atoms with Crippen molar-refractivity contribution in [2.75, 3.05) is 18.0 Å². The van der Waals surface area contributed by atoms with Gasteiger partial charge in [-0.3, -0.25) is 0 Å². The highest BCUT2D eigenvalue weighted by atomic mass is 16.3. The number of nitrogens with zero attached hydrogens (tertiary/aromatic N) is 2. The Balaban J connectivity index is 1.42. The summed E-state index contributed by atoms with van der Waals surface area (Å²) in [5.41, 5.74) is 0.992. The fraction of sp³-hybridized carbons (Fsp3) is 0.444. The molecule has 6 heteroatoms. The molecular weight excluding hydrogens is 304 g/mol. The molecule has 3 rings (SSSR count). The molecule has 2 aromatic heterocycles. The van der Waals surface area contributed by atoms with Gasteiger partial charge in [0.15, 0.2) is 0 Å². The first-order valence-electron chi connectivity index (χ1n) is 8.47. The van der Waals surface area contributed by atoms with Crippen molar-refractivity contribution in [3.8, 4) is 0 Å². The molecule has 2 N–H and O–H groups in total. The zero-order valence-electron chi connectivity index (χ0n) is 14.0. The van der Waals surface area contributed by atoms with E-state index in [4.69, 9.17) is 4.42 Å². The van der Waals surface area contributed by atoms with Crippen LogP contribution in [0.25, 0.3) is 0 Å². The van der Waals surface area contributed by atoms with E-state index in [1.165, 1.54) is 12.8 Å². The Morgan fingerprint density at radius 1 is 1.33 bits per heavy atom. The van der Waals surface area contributed by atoms with Crippen molar-refractivity contribution in [3.05, 3.63) is 48.0 Å². The van der Waals surface area contributed by atoms with Crippen molar-refractivity contribution in [3.63, 3.8) is 0 Å². The van der Waals surface area contributed by atoms with Crippen LogP contribution in [0.2, 0.25) is 0 Å². The molecule has 128 valence electrons. The predicted molar refractivity (Wildman–Crippen MR) is 92.9 cm³/mol. The molecule has 1 unspecified atom stereocenters. The van der Waals surface area contributed by atoms with Gasteiger partial charge in [-0.05, 0) is 43.5 Å². The SMILES string of the molecule is CC(Cc1ccco1)NC(=O)NCc1ccc(N2CCCC2)nc1. The molecule has 1 saturated heterocycles. The topological polar surface area (TPSA) is 70.4 Å². The van der Waals surface area contributed by atoms with E-state index in [-0.39, 0.29) is 12.1 Å². The molecule has 24 heavy (non-hydrogen) atoms. The van der Waals surface area contributed by atoms with E-state index in [1.54, 1.807) is 6.26 Å². The molecule has 0 aliphatic carbocycles. The highest BCUT2D eigenvalue weighted by Gasteiger charge is 2.13. The summed E-state index contributed by atoms with van der Waals surface area (Å²) in [6.07, 6.45) is 6.62. The molecule has 2 amide bonds. The van der Waals surface area contributed by atoms with Crippen LogP contribution in [0.15, 0.2) is 41.1 Å². The lowest BCUT2D eigenvalue weighted by Gasteiger charge is -2.16. The molecule has 1 aliphatic heterocycles. The monoisotopic (exact) mass is 328 g/mol. The Hall–Kier alpha value is -2.50. The average Bonchev–Trinajstić information content (AvgIpc) is 3.27. The second kappa shape index (κ2) is 7.86. The van der Waals surface area contributed by atoms with Gasteiger partial charge in [0.25, 0.3) is 0 Å². The molecule has 0 saturated carbocycles. The fourth-order valence-corrected chi connectivity index (χ4v) is 2.89. The van der Waals surface area contributed by atoms with Gasteiger partial charge in [0.1, 0.15) is 11.6 Å². The minimum absolute atomic E-state index is 0.00631. The summed E-state index contributed by atoms with van der Waals surface area (Å²) in [5, 5.41) is 5.77. The summed E-state index contributed by atoms with van der Waals surface area (Å²) in [6, 6.07) is 7.63. The number of furan rings is 1. The lowest BCUT2D eigenvalue weighted by Crippen LogP contribution is -2.41. The van der Waals surface area contributed by atoms with E-state index < -0.39 is 0 Å². The largest absolute Gasteiger partial charge is 0.469 e. The highest BCUT2D eigenvalue weighted by molar-refractivity contribution is 5.74. The first kappa shape index (κ1) is 16.4. The van der Waals surface area contributed by atoms with Gasteiger partial charge in [-0.1, -0.05) is 6.07 Å². The van der Waals surface area contributed by atoms with Crippen LogP contribution in [-0.4, -0.2) is 30.1 Å². The van der Waals surface area contributed by atoms with Crippen LogP contribution in [-0.2, 0) is 13.0 Å². The van der Waals surface area contributed by atoms with Gasteiger partial charge in [-0.2, -0.15) is 0 Å². The maximum Gasteiger partial charge on any atom is 0.315 e. The Morgan fingerprint density at radius 2 is 2.17 bits per heavy atom. The molecule has 0 spiro atoms. The van der Waals surface area contributed by atoms with Crippen molar-refractivity contribution < 1.29 is 9.21 Å². The lowest BCUT2D eigenvalue weighted by atomic mass is 10.2. The number of aromatic nitrogens is 1. The summed E-state index contributed by atoms with van der Waals surface area (Å²) < 4.78 is 5.28. The number of amides is 2. The second-order valence-electron chi connectivity index (χ2n) is 6.23. The van der Waals surface area contributed by atoms with Gasteiger partial charge < -0.3 is 20.0 Å². The van der Waals surface area contributed by atoms with Crippen LogP contribution in [0.4, 0.5) is 10.6 Å². The zero-order valence-corrected chi connectivity index (χ0v) is 14.0. The van der Waals surface area contributed by atoms with Gasteiger partial charge in [0, 0.05) is 38.3 Å². The van der Waals surface area contributed by atoms with Gasteiger partial charge >= 0.3 is 6.03 Å². The van der Waals surface area contributed by atoms with Crippen LogP contribution in [0, 0.1) is 0 Å². The van der Waals surface area contributed by atoms with Crippen LogP contribution < -0.4 is 15.5 Å². The third-order valence-electron chi connectivity index (χ3n) is 4.16. The molecule has 3 heterocycles. The third-order valence-corrected chi connectivity index (χ3v) is 4.16. The summed E-state index contributed by atoms with van der Waals surface area (Å²) >= 11 is 0. The third kappa shape index (κ3) is 4.50. The van der Waals surface area contributed by atoms with E-state index in [1.807, 2.05) is 37.4 Å². The number of carbonyl (C=O) groups is 1. The average molecular weight is 328 g/mol. The maximum atomic E-state index is 11.9. The van der Waals surface area contributed by atoms with E-state index in [0.29, 0.717) is 13.0 Å². The van der Waals surface area contributed by atoms with Crippen molar-refractivity contribution >= 4 is 11.8 Å². The lowest BCUT2D eigenvalue weighted by molar-refractivity contribution is 0.237. The number of hydrogen-bond acceptors (Lipinski definition) is 4. The van der Waals surface area contributed by atoms with E-state index in [2.05, 4.69) is 20.5 Å². The van der Waals surface area contributed by atoms with Crippen LogP contribution in [0.5, 0.6) is 0 Å². The molecule has 0 bridgehead atoms. The standard InChI is InChI=1S/C18H24N4O2/c1-14(11-16-5-4-10-24-16)21-18(23)20-13-15-6-7-17(19-12-15)22-8-2-3-9-22/h4-7,10,12,14H,2-3,8-9,11,13H2,1H3,(H2,20,21,23). The number of anilines is 1. The molecule has 0 aromatic carbocycles. The Bertz CT molecular complexity index is 634. The Kier molecular flexibility index (Phi) is 5.36. The quantitative estimate of drug-likeness (QED) is 0.855. The van der Waals surface area contributed by atoms with Gasteiger partial charge in [-0.25, -0.2) is 9.78 Å². The Morgan fingerprint density at radius 3 is 2.83 bits per heavy atom. The summed E-state index contributed by atoms with van der Waals surface area (Å²) in [6.45, 7) is 4.59. The van der Waals surface area contributed by atoms with Crippen molar-refractivity contribution in [2.24, 2.45) is 0 Å². The number of rotatable bonds is 6. The number of pyridine rings is 1. The molecular formula is C18H24N4O2. The minimum Gasteiger partial charge on any atom is -0.469 e. The van der Waals surface area contributed by atoms with Crippen molar-refractivity contribution in [1.29, 1.82) is 0 Å². The molecule has 1 aliphatic rings. The minimum atomic E-state index is -0.183. The molecule has 1 fully saturated rings. The number of urea groups is 1. The predicted octanol–water partition coefficient (Wildman–Crippen LogP) is 2.71. The summed E-state index contributed by atoms with van der Waals surface area (Å²) in [4.78, 5) is 18.7. The molecule has 2 aromatic rings. The van der Waals surface area contributed by atoms with Crippen LogP contribution >= 0.6 is 0 Å². The summed E-state index contributed by atoms with van der Waals surface area (Å²) in [7, 11) is 0. The van der Waals surface area contributed by atoms with Crippen molar-refractivity contribution in [2.45, 2.75) is 38.8 Å². The normalized spacial score (nSPS) is 15.3. The van der Waals surface area contributed by atoms with E-state index in [0.717, 1.165) is 30.2 Å². The highest BCUT2D eigenvalue weighted by Crippen LogP contribution is 2.17. The van der Waals surface area contributed by atoms with E-state index in [9.17, 15) is 4.79 Å². The molecule has 6 nitrogen and oxygen atoms in total. The van der Waals surface area contributed by atoms with Crippen LogP contribution in [0.1, 0.15) is 31.1 Å². The van der Waals surface area contributed by atoms with Gasteiger partial charge in [0.2, 0.25) is 0 Å². The van der Waals surface area contributed by atoms with Crippen LogP contribution in [0.3, 0.4) is 0 Å². The number of carbonyl (C=O) groups excluding carboxylic acids is 1. The maximum absolute atomic E-state index is 11.9. The first-order chi connectivity index (χ1) is 11.7. The second-order valence-corrected chi connectivity index (χ2v) is 6.23. The number of hydrogen-bond donors (Lipinski definition) is 2.